The maximum absolute atomic E-state index is 13.4. The average Bonchev–Trinajstić information content (AvgIpc) is 2.25. The van der Waals surface area contributed by atoms with E-state index in [9.17, 15) is 9.18 Å². The van der Waals surface area contributed by atoms with Gasteiger partial charge in [0.05, 0.1) is 6.54 Å². The zero-order valence-electron chi connectivity index (χ0n) is 8.36. The molecular weight excluding hydrogens is 273 g/mol. The van der Waals surface area contributed by atoms with E-state index in [1.165, 1.54) is 16.7 Å². The van der Waals surface area contributed by atoms with E-state index in [0.717, 1.165) is 4.47 Å². The highest BCUT2D eigenvalue weighted by atomic mass is 79.9. The van der Waals surface area contributed by atoms with Crippen molar-refractivity contribution in [1.29, 1.82) is 0 Å². The highest BCUT2D eigenvalue weighted by Gasteiger charge is 2.02. The quantitative estimate of drug-likeness (QED) is 0.830. The summed E-state index contributed by atoms with van der Waals surface area (Å²) >= 11 is 3.21. The summed E-state index contributed by atoms with van der Waals surface area (Å²) in [6, 6.07) is 9.65. The fourth-order valence-corrected chi connectivity index (χ4v) is 1.74. The van der Waals surface area contributed by atoms with Gasteiger partial charge in [-0.1, -0.05) is 34.1 Å². The van der Waals surface area contributed by atoms with Crippen molar-refractivity contribution in [3.63, 3.8) is 0 Å². The summed E-state index contributed by atoms with van der Waals surface area (Å²) in [4.78, 5) is 11.6. The monoisotopic (exact) mass is 281 g/mol. The molecule has 0 spiro atoms. The first-order chi connectivity index (χ1) is 7.66. The molecule has 1 heterocycles. The van der Waals surface area contributed by atoms with Crippen LogP contribution in [-0.2, 0) is 6.54 Å². The normalized spacial score (nSPS) is 10.4. The van der Waals surface area contributed by atoms with Gasteiger partial charge in [-0.3, -0.25) is 4.79 Å². The van der Waals surface area contributed by atoms with Gasteiger partial charge in [-0.25, -0.2) is 4.39 Å². The second-order valence-corrected chi connectivity index (χ2v) is 4.32. The Hall–Kier alpha value is -1.42. The zero-order valence-corrected chi connectivity index (χ0v) is 9.95. The Morgan fingerprint density at radius 3 is 2.69 bits per heavy atom. The summed E-state index contributed by atoms with van der Waals surface area (Å²) in [7, 11) is 0. The Morgan fingerprint density at radius 2 is 2.00 bits per heavy atom. The fourth-order valence-electron chi connectivity index (χ4n) is 1.42. The van der Waals surface area contributed by atoms with Crippen molar-refractivity contribution in [2.45, 2.75) is 6.54 Å². The topological polar surface area (TPSA) is 22.0 Å². The molecule has 0 saturated heterocycles. The predicted molar refractivity (Wildman–Crippen MR) is 63.9 cm³/mol. The molecule has 2 aromatic rings. The van der Waals surface area contributed by atoms with E-state index in [2.05, 4.69) is 15.9 Å². The summed E-state index contributed by atoms with van der Waals surface area (Å²) in [5, 5.41) is 0. The molecule has 0 fully saturated rings. The van der Waals surface area contributed by atoms with Gasteiger partial charge in [-0.2, -0.15) is 0 Å². The molecule has 82 valence electrons. The van der Waals surface area contributed by atoms with E-state index in [1.807, 2.05) is 0 Å². The second kappa shape index (κ2) is 4.61. The molecule has 0 amide bonds. The first-order valence-electron chi connectivity index (χ1n) is 4.76. The number of aromatic nitrogens is 1. The van der Waals surface area contributed by atoms with Crippen LogP contribution in [-0.4, -0.2) is 4.57 Å². The van der Waals surface area contributed by atoms with Crippen LogP contribution in [0.15, 0.2) is 51.9 Å². The molecule has 0 aliphatic heterocycles. The van der Waals surface area contributed by atoms with Gasteiger partial charge >= 0.3 is 0 Å². The molecule has 0 unspecified atom stereocenters. The van der Waals surface area contributed by atoms with E-state index >= 15 is 0 Å². The molecular formula is C12H9BrFNO. The van der Waals surface area contributed by atoms with Crippen LogP contribution in [0.3, 0.4) is 0 Å². The van der Waals surface area contributed by atoms with Crippen LogP contribution >= 0.6 is 15.9 Å². The van der Waals surface area contributed by atoms with Crippen molar-refractivity contribution in [2.24, 2.45) is 0 Å². The third-order valence-electron chi connectivity index (χ3n) is 2.26. The Morgan fingerprint density at radius 1 is 1.25 bits per heavy atom. The molecule has 0 aliphatic rings. The fraction of sp³-hybridized carbons (Fsp3) is 0.0833. The van der Waals surface area contributed by atoms with E-state index in [0.29, 0.717) is 5.56 Å². The molecule has 0 aliphatic carbocycles. The largest absolute Gasteiger partial charge is 0.311 e. The number of hydrogen-bond donors (Lipinski definition) is 0. The predicted octanol–water partition coefficient (Wildman–Crippen LogP) is 2.80. The van der Waals surface area contributed by atoms with Crippen LogP contribution in [0.4, 0.5) is 4.39 Å². The zero-order chi connectivity index (χ0) is 11.5. The lowest BCUT2D eigenvalue weighted by molar-refractivity contribution is 0.596. The van der Waals surface area contributed by atoms with Crippen LogP contribution in [0.25, 0.3) is 0 Å². The minimum Gasteiger partial charge on any atom is -0.311 e. The Bertz CT molecular complexity index is 565. The lowest BCUT2D eigenvalue weighted by Crippen LogP contribution is -2.19. The van der Waals surface area contributed by atoms with Gasteiger partial charge in [0.25, 0.3) is 5.56 Å². The maximum atomic E-state index is 13.4. The second-order valence-electron chi connectivity index (χ2n) is 3.40. The molecule has 0 bridgehead atoms. The average molecular weight is 282 g/mol. The molecule has 1 aromatic carbocycles. The van der Waals surface area contributed by atoms with Crippen molar-refractivity contribution in [1.82, 2.24) is 4.57 Å². The Balaban J connectivity index is 2.35. The molecule has 0 N–H and O–H groups in total. The standard InChI is InChI=1S/C12H9BrFNO/c13-10-5-6-15(12(16)7-10)8-9-3-1-2-4-11(9)14/h1-7H,8H2. The lowest BCUT2D eigenvalue weighted by atomic mass is 10.2. The molecule has 0 radical (unpaired) electrons. The first kappa shape index (κ1) is 11.1. The van der Waals surface area contributed by atoms with Crippen molar-refractivity contribution in [2.75, 3.05) is 0 Å². The summed E-state index contributed by atoms with van der Waals surface area (Å²) < 4.78 is 15.5. The molecule has 0 saturated carbocycles. The van der Waals surface area contributed by atoms with Crippen molar-refractivity contribution >= 4 is 15.9 Å². The van der Waals surface area contributed by atoms with Crippen LogP contribution in [0.1, 0.15) is 5.56 Å². The minimum atomic E-state index is -0.294. The number of rotatable bonds is 2. The molecule has 4 heteroatoms. The van der Waals surface area contributed by atoms with E-state index in [4.69, 9.17) is 0 Å². The number of halogens is 2. The van der Waals surface area contributed by atoms with Gasteiger partial charge in [0, 0.05) is 22.3 Å². The van der Waals surface area contributed by atoms with Crippen LogP contribution in [0.2, 0.25) is 0 Å². The van der Waals surface area contributed by atoms with Crippen LogP contribution in [0, 0.1) is 5.82 Å². The van der Waals surface area contributed by atoms with E-state index in [-0.39, 0.29) is 17.9 Å². The van der Waals surface area contributed by atoms with Crippen molar-refractivity contribution in [3.05, 3.63) is 68.8 Å². The van der Waals surface area contributed by atoms with Gasteiger partial charge in [0.2, 0.25) is 0 Å². The lowest BCUT2D eigenvalue weighted by Gasteiger charge is -2.06. The number of nitrogens with zero attached hydrogens (tertiary/aromatic N) is 1. The number of hydrogen-bond acceptors (Lipinski definition) is 1. The van der Waals surface area contributed by atoms with Crippen molar-refractivity contribution < 1.29 is 4.39 Å². The molecule has 16 heavy (non-hydrogen) atoms. The SMILES string of the molecule is O=c1cc(Br)ccn1Cc1ccccc1F. The van der Waals surface area contributed by atoms with E-state index < -0.39 is 0 Å². The molecule has 2 nitrogen and oxygen atoms in total. The highest BCUT2D eigenvalue weighted by molar-refractivity contribution is 9.10. The van der Waals surface area contributed by atoms with Gasteiger partial charge in [0.1, 0.15) is 5.82 Å². The Labute approximate surface area is 100 Å². The van der Waals surface area contributed by atoms with Gasteiger partial charge in [-0.15, -0.1) is 0 Å². The van der Waals surface area contributed by atoms with Gasteiger partial charge < -0.3 is 4.57 Å². The first-order valence-corrected chi connectivity index (χ1v) is 5.55. The molecule has 2 rings (SSSR count). The van der Waals surface area contributed by atoms with Gasteiger partial charge in [-0.05, 0) is 12.1 Å². The van der Waals surface area contributed by atoms with Crippen molar-refractivity contribution in [3.8, 4) is 0 Å². The van der Waals surface area contributed by atoms with Crippen LogP contribution in [0.5, 0.6) is 0 Å². The van der Waals surface area contributed by atoms with E-state index in [1.54, 1.807) is 30.5 Å². The molecule has 0 atom stereocenters. The van der Waals surface area contributed by atoms with Gasteiger partial charge in [0.15, 0.2) is 0 Å². The highest BCUT2D eigenvalue weighted by Crippen LogP contribution is 2.09. The smallest absolute Gasteiger partial charge is 0.251 e. The summed E-state index contributed by atoms with van der Waals surface area (Å²) in [5.74, 6) is -0.294. The summed E-state index contributed by atoms with van der Waals surface area (Å²) in [5.41, 5.74) is 0.351. The Kier molecular flexibility index (Phi) is 3.19. The summed E-state index contributed by atoms with van der Waals surface area (Å²) in [6.07, 6.45) is 1.64. The van der Waals surface area contributed by atoms with Crippen LogP contribution < -0.4 is 5.56 Å². The molecule has 1 aromatic heterocycles. The number of benzene rings is 1. The third-order valence-corrected chi connectivity index (χ3v) is 2.75. The summed E-state index contributed by atoms with van der Waals surface area (Å²) in [6.45, 7) is 0.249. The maximum Gasteiger partial charge on any atom is 0.251 e. The minimum absolute atomic E-state index is 0.155. The third kappa shape index (κ3) is 2.39. The number of pyridine rings is 1.